The Morgan fingerprint density at radius 1 is 0.969 bits per heavy atom. The summed E-state index contributed by atoms with van der Waals surface area (Å²) in [6.07, 6.45) is 11.6. The molecule has 3 heterocycles. The van der Waals surface area contributed by atoms with Gasteiger partial charge in [0.1, 0.15) is 5.52 Å². The second kappa shape index (κ2) is 7.73. The summed E-state index contributed by atoms with van der Waals surface area (Å²) in [5, 5.41) is 0. The number of hydrogen-bond acceptors (Lipinski definition) is 3. The molecule has 1 aliphatic heterocycles. The van der Waals surface area contributed by atoms with Gasteiger partial charge in [0, 0.05) is 32.0 Å². The summed E-state index contributed by atoms with van der Waals surface area (Å²) in [4.78, 5) is 19.8. The van der Waals surface area contributed by atoms with Gasteiger partial charge in [-0.2, -0.15) is 0 Å². The zero-order chi connectivity index (χ0) is 21.6. The van der Waals surface area contributed by atoms with Gasteiger partial charge in [-0.1, -0.05) is 30.3 Å². The van der Waals surface area contributed by atoms with Crippen LogP contribution in [-0.2, 0) is 17.7 Å². The third-order valence-corrected chi connectivity index (χ3v) is 8.21. The second-order valence-corrected chi connectivity index (χ2v) is 10.3. The number of nitrogens with zero attached hydrogens (tertiary/aromatic N) is 3. The number of morpholine rings is 1. The number of aromatic nitrogens is 2. The summed E-state index contributed by atoms with van der Waals surface area (Å²) in [5.74, 6) is 0.0875. The highest BCUT2D eigenvalue weighted by atomic mass is 16.5. The van der Waals surface area contributed by atoms with Crippen LogP contribution in [0.5, 0.6) is 0 Å². The largest absolute Gasteiger partial charge is 0.378 e. The molecule has 0 radical (unpaired) electrons. The maximum Gasteiger partial charge on any atom is 0.257 e. The predicted octanol–water partition coefficient (Wildman–Crippen LogP) is 4.70. The molecule has 5 heteroatoms. The third-order valence-electron chi connectivity index (χ3n) is 8.21. The topological polar surface area (TPSA) is 47.4 Å². The first-order valence-corrected chi connectivity index (χ1v) is 12.0. The number of carbonyl (C=O) groups is 1. The van der Waals surface area contributed by atoms with E-state index in [9.17, 15) is 4.79 Å². The molecule has 3 aromatic rings. The lowest BCUT2D eigenvalue weighted by molar-refractivity contribution is 0.0304. The van der Waals surface area contributed by atoms with Crippen LogP contribution in [0.3, 0.4) is 0 Å². The molecule has 0 spiro atoms. The van der Waals surface area contributed by atoms with E-state index in [0.29, 0.717) is 37.1 Å². The van der Waals surface area contributed by atoms with E-state index >= 15 is 0 Å². The quantitative estimate of drug-likeness (QED) is 0.591. The van der Waals surface area contributed by atoms with Crippen LogP contribution in [0.25, 0.3) is 11.0 Å². The van der Waals surface area contributed by atoms with Crippen LogP contribution in [0.15, 0.2) is 54.9 Å². The summed E-state index contributed by atoms with van der Waals surface area (Å²) in [6.45, 7) is 3.53. The summed E-state index contributed by atoms with van der Waals surface area (Å²) < 4.78 is 7.77. The molecule has 0 unspecified atom stereocenters. The van der Waals surface area contributed by atoms with Crippen molar-refractivity contribution in [3.63, 3.8) is 0 Å². The normalized spacial score (nSPS) is 27.3. The minimum absolute atomic E-state index is 0.0875. The van der Waals surface area contributed by atoms with Gasteiger partial charge >= 0.3 is 0 Å². The molecule has 32 heavy (non-hydrogen) atoms. The first-order chi connectivity index (χ1) is 15.7. The monoisotopic (exact) mass is 429 g/mol. The van der Waals surface area contributed by atoms with Crippen LogP contribution in [0.4, 0.5) is 0 Å². The predicted molar refractivity (Wildman–Crippen MR) is 125 cm³/mol. The Bertz CT molecular complexity index is 1120. The van der Waals surface area contributed by atoms with Crippen LogP contribution < -0.4 is 0 Å². The number of pyridine rings is 1. The van der Waals surface area contributed by atoms with Crippen molar-refractivity contribution in [2.45, 2.75) is 45.1 Å². The Morgan fingerprint density at radius 2 is 1.72 bits per heavy atom. The summed E-state index contributed by atoms with van der Waals surface area (Å²) in [5.41, 5.74) is 4.94. The number of ether oxygens (including phenoxy) is 1. The van der Waals surface area contributed by atoms with Gasteiger partial charge in [0.25, 0.3) is 5.91 Å². The smallest absolute Gasteiger partial charge is 0.257 e. The van der Waals surface area contributed by atoms with Crippen LogP contribution >= 0.6 is 0 Å². The molecule has 1 amide bonds. The minimum atomic E-state index is 0.0875. The molecule has 2 aliphatic carbocycles. The molecule has 6 rings (SSSR count). The highest BCUT2D eigenvalue weighted by Crippen LogP contribution is 2.63. The van der Waals surface area contributed by atoms with Crippen LogP contribution in [0, 0.1) is 10.8 Å². The van der Waals surface area contributed by atoms with Crippen LogP contribution in [0.1, 0.15) is 48.0 Å². The van der Waals surface area contributed by atoms with Crippen molar-refractivity contribution in [2.24, 2.45) is 10.8 Å². The van der Waals surface area contributed by atoms with E-state index in [4.69, 9.17) is 4.74 Å². The van der Waals surface area contributed by atoms with Gasteiger partial charge in [-0.15, -0.1) is 0 Å². The zero-order valence-corrected chi connectivity index (χ0v) is 18.6. The standard InChI is InChI=1S/C27H31N3O2/c31-25(29-13-15-32-16-14-29)22-18-30(23-7-4-12-28-24(22)23)20-27-10-8-26(19-27,9-11-27)17-21-5-2-1-3-6-21/h1-7,12,18H,8-11,13-17,19-20H2. The van der Waals surface area contributed by atoms with Crippen molar-refractivity contribution in [1.29, 1.82) is 0 Å². The molecule has 0 atom stereocenters. The van der Waals surface area contributed by atoms with Crippen molar-refractivity contribution in [2.75, 3.05) is 26.3 Å². The lowest BCUT2D eigenvalue weighted by atomic mass is 9.78. The van der Waals surface area contributed by atoms with E-state index < -0.39 is 0 Å². The number of amides is 1. The summed E-state index contributed by atoms with van der Waals surface area (Å²) in [6, 6.07) is 15.1. The number of benzene rings is 1. The Labute approximate surface area is 189 Å². The van der Waals surface area contributed by atoms with Gasteiger partial charge < -0.3 is 14.2 Å². The van der Waals surface area contributed by atoms with E-state index in [2.05, 4.69) is 52.1 Å². The highest BCUT2D eigenvalue weighted by molar-refractivity contribution is 6.05. The maximum atomic E-state index is 13.3. The van der Waals surface area contributed by atoms with Crippen molar-refractivity contribution in [3.05, 3.63) is 66.0 Å². The fourth-order valence-electron chi connectivity index (χ4n) is 6.65. The molecule has 2 aromatic heterocycles. The van der Waals surface area contributed by atoms with Crippen molar-refractivity contribution in [1.82, 2.24) is 14.5 Å². The maximum absolute atomic E-state index is 13.3. The third kappa shape index (κ3) is 3.43. The fourth-order valence-corrected chi connectivity index (χ4v) is 6.65. The number of hydrogen-bond donors (Lipinski definition) is 0. The molecule has 166 valence electrons. The summed E-state index contributed by atoms with van der Waals surface area (Å²) in [7, 11) is 0. The molecule has 3 fully saturated rings. The fraction of sp³-hybridized carbons (Fsp3) is 0.481. The van der Waals surface area contributed by atoms with E-state index in [1.54, 1.807) is 6.20 Å². The lowest BCUT2D eigenvalue weighted by Crippen LogP contribution is -2.40. The highest BCUT2D eigenvalue weighted by Gasteiger charge is 2.53. The first kappa shape index (κ1) is 20.0. The van der Waals surface area contributed by atoms with E-state index in [0.717, 1.165) is 23.1 Å². The van der Waals surface area contributed by atoms with Gasteiger partial charge in [-0.25, -0.2) is 0 Å². The molecular weight excluding hydrogens is 398 g/mol. The van der Waals surface area contributed by atoms with Crippen LogP contribution in [0.2, 0.25) is 0 Å². The molecule has 2 saturated carbocycles. The minimum Gasteiger partial charge on any atom is -0.378 e. The Hall–Kier alpha value is -2.66. The molecular formula is C27H31N3O2. The van der Waals surface area contributed by atoms with Crippen molar-refractivity contribution >= 4 is 16.9 Å². The summed E-state index contributed by atoms with van der Waals surface area (Å²) >= 11 is 0. The molecule has 0 N–H and O–H groups in total. The van der Waals surface area contributed by atoms with E-state index in [-0.39, 0.29) is 5.91 Å². The first-order valence-electron chi connectivity index (χ1n) is 12.0. The number of fused-ring (bicyclic) bond motifs is 3. The molecule has 3 aliphatic rings. The molecule has 5 nitrogen and oxygen atoms in total. The van der Waals surface area contributed by atoms with Crippen molar-refractivity contribution in [3.8, 4) is 0 Å². The van der Waals surface area contributed by atoms with Crippen LogP contribution in [-0.4, -0.2) is 46.7 Å². The van der Waals surface area contributed by atoms with Gasteiger partial charge in [0.15, 0.2) is 0 Å². The molecule has 1 aromatic carbocycles. The molecule has 2 bridgehead atoms. The average molecular weight is 430 g/mol. The molecule has 1 saturated heterocycles. The van der Waals surface area contributed by atoms with Gasteiger partial charge in [0.2, 0.25) is 0 Å². The van der Waals surface area contributed by atoms with Crippen molar-refractivity contribution < 1.29 is 9.53 Å². The van der Waals surface area contributed by atoms with Gasteiger partial charge in [-0.3, -0.25) is 9.78 Å². The van der Waals surface area contributed by atoms with E-state index in [1.807, 2.05) is 11.0 Å². The Kier molecular flexibility index (Phi) is 4.83. The van der Waals surface area contributed by atoms with E-state index in [1.165, 1.54) is 44.1 Å². The second-order valence-electron chi connectivity index (χ2n) is 10.3. The average Bonchev–Trinajstić information content (AvgIpc) is 3.50. The zero-order valence-electron chi connectivity index (χ0n) is 18.6. The number of rotatable bonds is 5. The SMILES string of the molecule is O=C(c1cn(CC23CCC(Cc4ccccc4)(CC2)C3)c2cccnc12)N1CCOCC1. The Morgan fingerprint density at radius 3 is 2.50 bits per heavy atom. The Balaban J connectivity index is 1.27. The lowest BCUT2D eigenvalue weighted by Gasteiger charge is -2.28. The van der Waals surface area contributed by atoms with Gasteiger partial charge in [0.05, 0.1) is 24.3 Å². The number of carbonyl (C=O) groups excluding carboxylic acids is 1. The van der Waals surface area contributed by atoms with Gasteiger partial charge in [-0.05, 0) is 67.1 Å².